The molecule has 0 aliphatic carbocycles. The Kier molecular flexibility index (Phi) is 8.80. The van der Waals surface area contributed by atoms with E-state index >= 15 is 0 Å². The molecule has 3 amide bonds. The van der Waals surface area contributed by atoms with Crippen LogP contribution in [0.25, 0.3) is 0 Å². The van der Waals surface area contributed by atoms with Crippen molar-refractivity contribution in [1.82, 2.24) is 15.1 Å². The van der Waals surface area contributed by atoms with E-state index in [1.807, 2.05) is 31.0 Å². The molecule has 0 aromatic heterocycles. The van der Waals surface area contributed by atoms with E-state index in [2.05, 4.69) is 15.5 Å². The number of nitrogens with zero attached hydrogens (tertiary/aromatic N) is 2. The van der Waals surface area contributed by atoms with Crippen LogP contribution in [0, 0.1) is 0 Å². The second-order valence-corrected chi connectivity index (χ2v) is 7.94. The highest BCUT2D eigenvalue weighted by molar-refractivity contribution is 5.94. The van der Waals surface area contributed by atoms with E-state index in [4.69, 9.17) is 5.73 Å². The van der Waals surface area contributed by atoms with Gasteiger partial charge in [-0.15, -0.1) is 0 Å². The molecule has 166 valence electrons. The normalized spacial score (nSPS) is 17.7. The lowest BCUT2D eigenvalue weighted by Gasteiger charge is -2.37. The molecule has 0 saturated carbocycles. The van der Waals surface area contributed by atoms with Gasteiger partial charge in [0.2, 0.25) is 17.7 Å². The molecular weight excluding hydrogens is 382 g/mol. The second kappa shape index (κ2) is 11.1. The van der Waals surface area contributed by atoms with E-state index in [-0.39, 0.29) is 23.6 Å². The zero-order chi connectivity index (χ0) is 22.3. The van der Waals surface area contributed by atoms with Crippen molar-refractivity contribution in [3.63, 3.8) is 0 Å². The van der Waals surface area contributed by atoms with Crippen molar-refractivity contribution in [2.45, 2.75) is 51.6 Å². The van der Waals surface area contributed by atoms with Gasteiger partial charge in [-0.1, -0.05) is 26.0 Å². The fourth-order valence-corrected chi connectivity index (χ4v) is 3.57. The second-order valence-electron chi connectivity index (χ2n) is 7.94. The maximum atomic E-state index is 13.3. The molecule has 8 heteroatoms. The Labute approximate surface area is 179 Å². The van der Waals surface area contributed by atoms with Gasteiger partial charge in [0.1, 0.15) is 6.04 Å². The van der Waals surface area contributed by atoms with Crippen molar-refractivity contribution in [3.05, 3.63) is 29.8 Å². The lowest BCUT2D eigenvalue weighted by atomic mass is 9.87. The number of nitrogens with two attached hydrogens (primary N) is 1. The third-order valence-corrected chi connectivity index (χ3v) is 5.58. The standard InChI is InChI=1S/C22H35N5O3/c1-5-18(16-7-9-17(10-8-16)24-21(29)15(3)23)20(25-19(28)6-2)22(30)27-13-11-26(4)12-14-27/h7-10,15,18,20H,5-6,11-14,23H2,1-4H3,(H,24,29)(H,25,28)/t15-,18-,20+/m0/s1. The van der Waals surface area contributed by atoms with E-state index in [1.54, 1.807) is 26.0 Å². The maximum Gasteiger partial charge on any atom is 0.245 e. The first-order valence-corrected chi connectivity index (χ1v) is 10.7. The van der Waals surface area contributed by atoms with Crippen LogP contribution in [0.15, 0.2) is 24.3 Å². The van der Waals surface area contributed by atoms with Gasteiger partial charge in [0.05, 0.1) is 6.04 Å². The van der Waals surface area contributed by atoms with Gasteiger partial charge in [0.25, 0.3) is 0 Å². The van der Waals surface area contributed by atoms with Crippen molar-refractivity contribution in [2.24, 2.45) is 5.73 Å². The highest BCUT2D eigenvalue weighted by Crippen LogP contribution is 2.27. The number of hydrogen-bond donors (Lipinski definition) is 3. The van der Waals surface area contributed by atoms with E-state index < -0.39 is 12.1 Å². The summed E-state index contributed by atoms with van der Waals surface area (Å²) in [5, 5.41) is 5.72. The molecule has 3 atom stereocenters. The number of rotatable bonds is 8. The summed E-state index contributed by atoms with van der Waals surface area (Å²) in [5.74, 6) is -0.591. The average Bonchev–Trinajstić information content (AvgIpc) is 2.74. The molecule has 4 N–H and O–H groups in total. The zero-order valence-electron chi connectivity index (χ0n) is 18.5. The first kappa shape index (κ1) is 23.8. The zero-order valence-corrected chi connectivity index (χ0v) is 18.5. The number of nitrogens with one attached hydrogen (secondary N) is 2. The van der Waals surface area contributed by atoms with E-state index in [0.29, 0.717) is 31.6 Å². The number of carbonyl (C=O) groups excluding carboxylic acids is 3. The lowest BCUT2D eigenvalue weighted by molar-refractivity contribution is -0.138. The van der Waals surface area contributed by atoms with Crippen molar-refractivity contribution >= 4 is 23.4 Å². The number of benzene rings is 1. The maximum absolute atomic E-state index is 13.3. The van der Waals surface area contributed by atoms with Gasteiger partial charge in [0, 0.05) is 44.2 Å². The molecular formula is C22H35N5O3. The van der Waals surface area contributed by atoms with Crippen molar-refractivity contribution < 1.29 is 14.4 Å². The van der Waals surface area contributed by atoms with Gasteiger partial charge in [-0.2, -0.15) is 0 Å². The van der Waals surface area contributed by atoms with Crippen LogP contribution in [0.1, 0.15) is 45.1 Å². The minimum Gasteiger partial charge on any atom is -0.344 e. The number of likely N-dealkylation sites (N-methyl/N-ethyl adjacent to an activating group) is 1. The van der Waals surface area contributed by atoms with Crippen LogP contribution in [0.2, 0.25) is 0 Å². The largest absolute Gasteiger partial charge is 0.344 e. The average molecular weight is 418 g/mol. The van der Waals surface area contributed by atoms with Gasteiger partial charge in [0.15, 0.2) is 0 Å². The van der Waals surface area contributed by atoms with Crippen LogP contribution in [-0.2, 0) is 14.4 Å². The summed E-state index contributed by atoms with van der Waals surface area (Å²) in [4.78, 5) is 41.4. The molecule has 1 heterocycles. The Hall–Kier alpha value is -2.45. The quantitative estimate of drug-likeness (QED) is 0.588. The summed E-state index contributed by atoms with van der Waals surface area (Å²) < 4.78 is 0. The number of amides is 3. The number of anilines is 1. The van der Waals surface area contributed by atoms with Crippen molar-refractivity contribution in [2.75, 3.05) is 38.5 Å². The fourth-order valence-electron chi connectivity index (χ4n) is 3.57. The molecule has 30 heavy (non-hydrogen) atoms. The molecule has 1 aromatic rings. The van der Waals surface area contributed by atoms with Crippen LogP contribution in [0.3, 0.4) is 0 Å². The van der Waals surface area contributed by atoms with E-state index in [0.717, 1.165) is 18.7 Å². The molecule has 1 aromatic carbocycles. The van der Waals surface area contributed by atoms with Gasteiger partial charge in [-0.3, -0.25) is 14.4 Å². The molecule has 0 radical (unpaired) electrons. The topological polar surface area (TPSA) is 108 Å². The highest BCUT2D eigenvalue weighted by atomic mass is 16.2. The first-order chi connectivity index (χ1) is 14.3. The van der Waals surface area contributed by atoms with Crippen LogP contribution >= 0.6 is 0 Å². The van der Waals surface area contributed by atoms with Gasteiger partial charge >= 0.3 is 0 Å². The van der Waals surface area contributed by atoms with Gasteiger partial charge in [-0.05, 0) is 38.1 Å². The van der Waals surface area contributed by atoms with Gasteiger partial charge < -0.3 is 26.2 Å². The summed E-state index contributed by atoms with van der Waals surface area (Å²) in [5.41, 5.74) is 7.19. The molecule has 8 nitrogen and oxygen atoms in total. The highest BCUT2D eigenvalue weighted by Gasteiger charge is 2.34. The predicted octanol–water partition coefficient (Wildman–Crippen LogP) is 1.13. The Morgan fingerprint density at radius 2 is 1.67 bits per heavy atom. The summed E-state index contributed by atoms with van der Waals surface area (Å²) >= 11 is 0. The molecule has 0 bridgehead atoms. The van der Waals surface area contributed by atoms with Crippen molar-refractivity contribution in [3.8, 4) is 0 Å². The monoisotopic (exact) mass is 417 g/mol. The molecule has 1 saturated heterocycles. The summed E-state index contributed by atoms with van der Waals surface area (Å²) in [6.45, 7) is 8.39. The van der Waals surface area contributed by atoms with Crippen molar-refractivity contribution in [1.29, 1.82) is 0 Å². The molecule has 1 fully saturated rings. The van der Waals surface area contributed by atoms with E-state index in [9.17, 15) is 14.4 Å². The van der Waals surface area contributed by atoms with Crippen LogP contribution < -0.4 is 16.4 Å². The number of hydrogen-bond acceptors (Lipinski definition) is 5. The third kappa shape index (κ3) is 6.27. The Balaban J connectivity index is 2.22. The molecule has 1 aliphatic heterocycles. The van der Waals surface area contributed by atoms with Crippen LogP contribution in [0.5, 0.6) is 0 Å². The SMILES string of the molecule is CCC(=O)N[C@@H](C(=O)N1CCN(C)CC1)[C@@H](CC)c1ccc(NC(=O)[C@H](C)N)cc1. The smallest absolute Gasteiger partial charge is 0.245 e. The fraction of sp³-hybridized carbons (Fsp3) is 0.591. The molecule has 0 spiro atoms. The number of carbonyl (C=O) groups is 3. The Morgan fingerprint density at radius 3 is 2.17 bits per heavy atom. The first-order valence-electron chi connectivity index (χ1n) is 10.7. The predicted molar refractivity (Wildman–Crippen MR) is 118 cm³/mol. The molecule has 1 aliphatic rings. The minimum absolute atomic E-state index is 0.0360. The lowest BCUT2D eigenvalue weighted by Crippen LogP contribution is -2.56. The molecule has 0 unspecified atom stereocenters. The van der Waals surface area contributed by atoms with E-state index in [1.165, 1.54) is 0 Å². The third-order valence-electron chi connectivity index (χ3n) is 5.58. The van der Waals surface area contributed by atoms with Gasteiger partial charge in [-0.25, -0.2) is 0 Å². The summed E-state index contributed by atoms with van der Waals surface area (Å²) in [6.07, 6.45) is 1.02. The Morgan fingerprint density at radius 1 is 1.07 bits per heavy atom. The summed E-state index contributed by atoms with van der Waals surface area (Å²) in [6, 6.07) is 6.19. The molecule has 2 rings (SSSR count). The van der Waals surface area contributed by atoms with Crippen LogP contribution in [-0.4, -0.2) is 72.8 Å². The number of piperazine rings is 1. The minimum atomic E-state index is -0.615. The summed E-state index contributed by atoms with van der Waals surface area (Å²) in [7, 11) is 2.04. The van der Waals surface area contributed by atoms with Crippen LogP contribution in [0.4, 0.5) is 5.69 Å². The Bertz CT molecular complexity index is 727.